The molecule has 1 aliphatic heterocycles. The van der Waals surface area contributed by atoms with Crippen molar-refractivity contribution in [3.8, 4) is 0 Å². The molecule has 1 aromatic rings. The molecule has 1 fully saturated rings. The molecule has 80 valence electrons. The normalized spacial score (nSPS) is 31.1. The van der Waals surface area contributed by atoms with Gasteiger partial charge in [0, 0.05) is 28.9 Å². The zero-order valence-corrected chi connectivity index (χ0v) is 9.20. The second-order valence-electron chi connectivity index (χ2n) is 3.76. The SMILES string of the molecule is O=C[C@]1(c2cccnc2)CCCC[S@@]1=O. The van der Waals surface area contributed by atoms with Gasteiger partial charge in [0.05, 0.1) is 0 Å². The van der Waals surface area contributed by atoms with Crippen LogP contribution in [0.3, 0.4) is 0 Å². The molecule has 0 bridgehead atoms. The van der Waals surface area contributed by atoms with Gasteiger partial charge in [-0.3, -0.25) is 9.19 Å². The molecule has 1 aliphatic rings. The maximum absolute atomic E-state index is 12.0. The van der Waals surface area contributed by atoms with E-state index in [9.17, 15) is 9.00 Å². The van der Waals surface area contributed by atoms with Crippen LogP contribution in [0.2, 0.25) is 0 Å². The first-order valence-electron chi connectivity index (χ1n) is 5.05. The first kappa shape index (κ1) is 10.5. The van der Waals surface area contributed by atoms with E-state index in [4.69, 9.17) is 0 Å². The molecule has 0 amide bonds. The lowest BCUT2D eigenvalue weighted by Gasteiger charge is -2.31. The van der Waals surface area contributed by atoms with Crippen LogP contribution in [0.1, 0.15) is 24.8 Å². The van der Waals surface area contributed by atoms with Crippen molar-refractivity contribution >= 4 is 17.1 Å². The molecule has 0 aromatic carbocycles. The van der Waals surface area contributed by atoms with Gasteiger partial charge in [-0.05, 0) is 24.5 Å². The van der Waals surface area contributed by atoms with Gasteiger partial charge in [0.15, 0.2) is 0 Å². The van der Waals surface area contributed by atoms with Gasteiger partial charge < -0.3 is 4.79 Å². The molecule has 4 heteroatoms. The van der Waals surface area contributed by atoms with Crippen molar-refractivity contribution in [3.05, 3.63) is 30.1 Å². The van der Waals surface area contributed by atoms with Crippen LogP contribution in [0.25, 0.3) is 0 Å². The molecule has 0 radical (unpaired) electrons. The van der Waals surface area contributed by atoms with Crippen LogP contribution in [0.15, 0.2) is 24.5 Å². The van der Waals surface area contributed by atoms with E-state index >= 15 is 0 Å². The standard InChI is InChI=1S/C11H13NO2S/c13-9-11(5-1-2-7-15(11)14)10-4-3-6-12-8-10/h3-4,6,8-9H,1-2,5,7H2/t11-,15-/m0/s1. The lowest BCUT2D eigenvalue weighted by molar-refractivity contribution is -0.110. The van der Waals surface area contributed by atoms with Crippen LogP contribution in [-0.4, -0.2) is 21.2 Å². The van der Waals surface area contributed by atoms with Crippen molar-refractivity contribution in [2.45, 2.75) is 24.0 Å². The molecule has 3 nitrogen and oxygen atoms in total. The molecule has 2 atom stereocenters. The predicted octanol–water partition coefficient (Wildman–Crippen LogP) is 1.41. The zero-order valence-electron chi connectivity index (χ0n) is 8.39. The van der Waals surface area contributed by atoms with Crippen LogP contribution in [0, 0.1) is 0 Å². The number of pyridine rings is 1. The van der Waals surface area contributed by atoms with Gasteiger partial charge in [0.2, 0.25) is 0 Å². The molecule has 1 aromatic heterocycles. The van der Waals surface area contributed by atoms with E-state index in [1.54, 1.807) is 18.5 Å². The second-order valence-corrected chi connectivity index (χ2v) is 5.58. The Hall–Kier alpha value is -1.03. The van der Waals surface area contributed by atoms with E-state index in [1.165, 1.54) is 0 Å². The van der Waals surface area contributed by atoms with Crippen LogP contribution in [0.4, 0.5) is 0 Å². The summed E-state index contributed by atoms with van der Waals surface area (Å²) in [6.07, 6.45) is 6.74. The highest BCUT2D eigenvalue weighted by Gasteiger charge is 2.40. The molecule has 15 heavy (non-hydrogen) atoms. The summed E-state index contributed by atoms with van der Waals surface area (Å²) in [5.41, 5.74) is 0.790. The quantitative estimate of drug-likeness (QED) is 0.712. The van der Waals surface area contributed by atoms with E-state index in [2.05, 4.69) is 4.98 Å². The summed E-state index contributed by atoms with van der Waals surface area (Å²) < 4.78 is 11.2. The van der Waals surface area contributed by atoms with E-state index < -0.39 is 15.5 Å². The molecular formula is C11H13NO2S. The predicted molar refractivity (Wildman–Crippen MR) is 58.8 cm³/mol. The minimum absolute atomic E-state index is 0.619. The van der Waals surface area contributed by atoms with Crippen molar-refractivity contribution in [2.24, 2.45) is 0 Å². The van der Waals surface area contributed by atoms with Gasteiger partial charge in [-0.15, -0.1) is 0 Å². The third kappa shape index (κ3) is 1.74. The number of hydrogen-bond acceptors (Lipinski definition) is 3. The third-order valence-electron chi connectivity index (χ3n) is 2.87. The molecule has 0 aliphatic carbocycles. The topological polar surface area (TPSA) is 47.0 Å². The smallest absolute Gasteiger partial charge is 0.143 e. The maximum Gasteiger partial charge on any atom is 0.143 e. The minimum atomic E-state index is -1.10. The summed E-state index contributed by atoms with van der Waals surface area (Å²) in [6.45, 7) is 0. The van der Waals surface area contributed by atoms with Gasteiger partial charge in [-0.1, -0.05) is 12.5 Å². The fraction of sp³-hybridized carbons (Fsp3) is 0.455. The number of rotatable bonds is 2. The Morgan fingerprint density at radius 1 is 1.47 bits per heavy atom. The second kappa shape index (κ2) is 4.23. The summed E-state index contributed by atoms with van der Waals surface area (Å²) in [5.74, 6) is 0.619. The van der Waals surface area contributed by atoms with E-state index in [0.717, 1.165) is 24.7 Å². The minimum Gasteiger partial charge on any atom is -0.301 e. The van der Waals surface area contributed by atoms with Gasteiger partial charge in [-0.25, -0.2) is 0 Å². The van der Waals surface area contributed by atoms with Gasteiger partial charge in [0.25, 0.3) is 0 Å². The van der Waals surface area contributed by atoms with Crippen molar-refractivity contribution in [2.75, 3.05) is 5.75 Å². The molecule has 2 heterocycles. The van der Waals surface area contributed by atoms with Crippen LogP contribution < -0.4 is 0 Å². The Balaban J connectivity index is 2.44. The van der Waals surface area contributed by atoms with Crippen molar-refractivity contribution in [1.29, 1.82) is 0 Å². The first-order valence-corrected chi connectivity index (χ1v) is 6.37. The fourth-order valence-corrected chi connectivity index (χ4v) is 3.68. The van der Waals surface area contributed by atoms with Crippen LogP contribution >= 0.6 is 0 Å². The lowest BCUT2D eigenvalue weighted by atomic mass is 9.95. The Morgan fingerprint density at radius 3 is 2.93 bits per heavy atom. The van der Waals surface area contributed by atoms with E-state index in [0.29, 0.717) is 12.2 Å². The monoisotopic (exact) mass is 223 g/mol. The van der Waals surface area contributed by atoms with Crippen LogP contribution in [-0.2, 0) is 20.3 Å². The highest BCUT2D eigenvalue weighted by atomic mass is 32.2. The highest BCUT2D eigenvalue weighted by molar-refractivity contribution is 7.86. The molecule has 0 unspecified atom stereocenters. The molecule has 2 rings (SSSR count). The molecule has 0 saturated carbocycles. The summed E-state index contributed by atoms with van der Waals surface area (Å²) in [4.78, 5) is 15.3. The molecule has 0 N–H and O–H groups in total. The number of carbonyl (C=O) groups is 1. The van der Waals surface area contributed by atoms with Gasteiger partial charge >= 0.3 is 0 Å². The first-order chi connectivity index (χ1) is 7.29. The van der Waals surface area contributed by atoms with Crippen molar-refractivity contribution < 1.29 is 9.00 Å². The summed E-state index contributed by atoms with van der Waals surface area (Å²) >= 11 is 0. The Labute approximate surface area is 91.4 Å². The molecular weight excluding hydrogens is 210 g/mol. The average molecular weight is 223 g/mol. The van der Waals surface area contributed by atoms with Crippen molar-refractivity contribution in [1.82, 2.24) is 4.98 Å². The van der Waals surface area contributed by atoms with Crippen LogP contribution in [0.5, 0.6) is 0 Å². The van der Waals surface area contributed by atoms with Gasteiger partial charge in [-0.2, -0.15) is 0 Å². The molecule has 1 saturated heterocycles. The average Bonchev–Trinajstić information content (AvgIpc) is 2.31. The highest BCUT2D eigenvalue weighted by Crippen LogP contribution is 2.35. The number of nitrogens with zero attached hydrogens (tertiary/aromatic N) is 1. The van der Waals surface area contributed by atoms with Gasteiger partial charge in [0.1, 0.15) is 11.0 Å². The summed E-state index contributed by atoms with van der Waals surface area (Å²) in [6, 6.07) is 3.62. The fourth-order valence-electron chi connectivity index (χ4n) is 1.99. The Bertz CT molecular complexity index is 379. The zero-order chi connectivity index (χ0) is 10.7. The molecule has 0 spiro atoms. The summed E-state index contributed by atoms with van der Waals surface area (Å²) in [5, 5.41) is 0. The third-order valence-corrected chi connectivity index (χ3v) is 4.88. The maximum atomic E-state index is 12.0. The summed E-state index contributed by atoms with van der Waals surface area (Å²) in [7, 11) is -1.10. The lowest BCUT2D eigenvalue weighted by Crippen LogP contribution is -2.37. The number of aldehydes is 1. The van der Waals surface area contributed by atoms with E-state index in [1.807, 2.05) is 6.07 Å². The number of hydrogen-bond donors (Lipinski definition) is 0. The Morgan fingerprint density at radius 2 is 2.33 bits per heavy atom. The number of aromatic nitrogens is 1. The number of carbonyl (C=O) groups excluding carboxylic acids is 1. The largest absolute Gasteiger partial charge is 0.301 e. The van der Waals surface area contributed by atoms with E-state index in [-0.39, 0.29) is 0 Å². The Kier molecular flexibility index (Phi) is 2.95. The van der Waals surface area contributed by atoms with Crippen molar-refractivity contribution in [3.63, 3.8) is 0 Å².